The lowest BCUT2D eigenvalue weighted by Gasteiger charge is -2.33. The van der Waals surface area contributed by atoms with Gasteiger partial charge in [-0.3, -0.25) is 4.79 Å². The summed E-state index contributed by atoms with van der Waals surface area (Å²) in [6.45, 7) is 6.14. The van der Waals surface area contributed by atoms with E-state index < -0.39 is 11.7 Å². The van der Waals surface area contributed by atoms with Crippen molar-refractivity contribution in [2.75, 3.05) is 0 Å². The minimum absolute atomic E-state index is 0.0358. The van der Waals surface area contributed by atoms with Crippen molar-refractivity contribution >= 4 is 11.9 Å². The van der Waals surface area contributed by atoms with Gasteiger partial charge in [0.05, 0.1) is 6.42 Å². The van der Waals surface area contributed by atoms with Gasteiger partial charge < -0.3 is 24.8 Å². The zero-order chi connectivity index (χ0) is 22.3. The van der Waals surface area contributed by atoms with Gasteiger partial charge >= 0.3 is 0 Å². The molecule has 0 bridgehead atoms. The molecule has 4 rings (SSSR count). The number of phenolic OH excluding ortho intramolecular Hbond substituents is 3. The molecule has 0 fully saturated rings. The number of ketones is 1. The van der Waals surface area contributed by atoms with Crippen LogP contribution >= 0.6 is 0 Å². The first-order chi connectivity index (χ1) is 14.6. The number of carbonyl (C=O) groups excluding carboxylic acids is 1. The van der Waals surface area contributed by atoms with E-state index in [1.165, 1.54) is 11.6 Å². The van der Waals surface area contributed by atoms with Crippen LogP contribution in [-0.2, 0) is 0 Å². The van der Waals surface area contributed by atoms with E-state index in [1.807, 2.05) is 19.1 Å². The standard InChI is InChI=1S/C25H26O6/c1-14(2)5-4-7-25(3)8-6-15-9-17(18(27)12-21(15)31-25)22-13-20(29)24-19(28)10-16(26)11-23(24)30-22/h5-6,8-12,22,26-28H,4,7,13H2,1-3H3/t22-,25+/m0/s1. The molecule has 2 heterocycles. The molecule has 2 aliphatic rings. The topological polar surface area (TPSA) is 96.2 Å². The maximum atomic E-state index is 12.6. The lowest BCUT2D eigenvalue weighted by molar-refractivity contribution is 0.0842. The summed E-state index contributed by atoms with van der Waals surface area (Å²) < 4.78 is 12.0. The number of rotatable bonds is 4. The van der Waals surface area contributed by atoms with Gasteiger partial charge in [-0.05, 0) is 45.8 Å². The maximum Gasteiger partial charge on any atom is 0.174 e. The van der Waals surface area contributed by atoms with Crippen molar-refractivity contribution in [3.05, 3.63) is 58.7 Å². The Morgan fingerprint density at radius 3 is 2.65 bits per heavy atom. The number of phenols is 3. The second-order valence-corrected chi connectivity index (χ2v) is 8.59. The molecule has 0 unspecified atom stereocenters. The quantitative estimate of drug-likeness (QED) is 0.569. The van der Waals surface area contributed by atoms with Crippen molar-refractivity contribution in [3.8, 4) is 28.7 Å². The minimum atomic E-state index is -0.745. The van der Waals surface area contributed by atoms with E-state index in [0.29, 0.717) is 11.3 Å². The lowest BCUT2D eigenvalue weighted by atomic mass is 9.91. The first kappa shape index (κ1) is 20.8. The van der Waals surface area contributed by atoms with Gasteiger partial charge in [0.2, 0.25) is 0 Å². The fourth-order valence-corrected chi connectivity index (χ4v) is 4.01. The number of benzene rings is 2. The fraction of sp³-hybridized carbons (Fsp3) is 0.320. The number of ether oxygens (including phenoxy) is 2. The van der Waals surface area contributed by atoms with Crippen molar-refractivity contribution in [2.24, 2.45) is 0 Å². The third-order valence-electron chi connectivity index (χ3n) is 5.64. The Balaban J connectivity index is 1.61. The predicted octanol–water partition coefficient (Wildman–Crippen LogP) is 5.42. The van der Waals surface area contributed by atoms with E-state index in [9.17, 15) is 20.1 Å². The molecular weight excluding hydrogens is 396 g/mol. The Labute approximate surface area is 181 Å². The van der Waals surface area contributed by atoms with Gasteiger partial charge in [0.15, 0.2) is 5.78 Å². The molecule has 31 heavy (non-hydrogen) atoms. The van der Waals surface area contributed by atoms with Gasteiger partial charge in [0.1, 0.15) is 46.0 Å². The van der Waals surface area contributed by atoms with Gasteiger partial charge in [-0.2, -0.15) is 0 Å². The van der Waals surface area contributed by atoms with Crippen molar-refractivity contribution in [1.29, 1.82) is 0 Å². The molecule has 0 saturated carbocycles. The first-order valence-electron chi connectivity index (χ1n) is 10.3. The van der Waals surface area contributed by atoms with Crippen molar-refractivity contribution in [2.45, 2.75) is 51.7 Å². The number of Topliss-reactive ketones (excluding diaryl/α,β-unsaturated/α-hetero) is 1. The van der Waals surface area contributed by atoms with Crippen LogP contribution in [0.3, 0.4) is 0 Å². The van der Waals surface area contributed by atoms with Crippen LogP contribution in [0.5, 0.6) is 28.7 Å². The zero-order valence-corrected chi connectivity index (χ0v) is 17.8. The number of fused-ring (bicyclic) bond motifs is 2. The first-order valence-corrected chi connectivity index (χ1v) is 10.3. The fourth-order valence-electron chi connectivity index (χ4n) is 4.01. The van der Waals surface area contributed by atoms with Crippen molar-refractivity contribution in [1.82, 2.24) is 0 Å². The lowest BCUT2D eigenvalue weighted by Crippen LogP contribution is -2.31. The van der Waals surface area contributed by atoms with Crippen LogP contribution < -0.4 is 9.47 Å². The van der Waals surface area contributed by atoms with E-state index in [-0.39, 0.29) is 40.8 Å². The Morgan fingerprint density at radius 2 is 1.90 bits per heavy atom. The summed E-state index contributed by atoms with van der Waals surface area (Å²) in [4.78, 5) is 12.6. The summed E-state index contributed by atoms with van der Waals surface area (Å²) in [6.07, 6.45) is 7.05. The highest BCUT2D eigenvalue weighted by molar-refractivity contribution is 6.02. The second kappa shape index (κ2) is 7.69. The Morgan fingerprint density at radius 1 is 1.13 bits per heavy atom. The highest BCUT2D eigenvalue weighted by Crippen LogP contribution is 2.45. The molecule has 2 atom stereocenters. The summed E-state index contributed by atoms with van der Waals surface area (Å²) in [5.41, 5.74) is 2.06. The zero-order valence-electron chi connectivity index (χ0n) is 17.8. The average Bonchev–Trinajstić information content (AvgIpc) is 2.66. The number of allylic oxidation sites excluding steroid dienone is 2. The highest BCUT2D eigenvalue weighted by atomic mass is 16.5. The molecule has 3 N–H and O–H groups in total. The molecule has 0 radical (unpaired) electrons. The Bertz CT molecular complexity index is 1110. The van der Waals surface area contributed by atoms with E-state index in [0.717, 1.165) is 24.5 Å². The van der Waals surface area contributed by atoms with Crippen LogP contribution in [0.2, 0.25) is 0 Å². The van der Waals surface area contributed by atoms with Gasteiger partial charge in [-0.25, -0.2) is 0 Å². The largest absolute Gasteiger partial charge is 0.508 e. The predicted molar refractivity (Wildman–Crippen MR) is 117 cm³/mol. The summed E-state index contributed by atoms with van der Waals surface area (Å²) in [7, 11) is 0. The van der Waals surface area contributed by atoms with Gasteiger partial charge in [0, 0.05) is 29.3 Å². The smallest absolute Gasteiger partial charge is 0.174 e. The number of hydrogen-bond donors (Lipinski definition) is 3. The number of hydrogen-bond acceptors (Lipinski definition) is 6. The van der Waals surface area contributed by atoms with Crippen LogP contribution in [0.1, 0.15) is 67.6 Å². The Kier molecular flexibility index (Phi) is 5.17. The SMILES string of the molecule is CC(C)=CCC[C@]1(C)C=Cc2cc([C@@H]3CC(=O)c4c(O)cc(O)cc4O3)c(O)cc2O1. The average molecular weight is 422 g/mol. The van der Waals surface area contributed by atoms with E-state index in [1.54, 1.807) is 12.1 Å². The molecule has 2 aromatic rings. The van der Waals surface area contributed by atoms with Crippen LogP contribution in [-0.4, -0.2) is 26.7 Å². The monoisotopic (exact) mass is 422 g/mol. The van der Waals surface area contributed by atoms with Crippen molar-refractivity contribution < 1.29 is 29.6 Å². The molecule has 0 aromatic heterocycles. The Hall–Kier alpha value is -3.41. The van der Waals surface area contributed by atoms with E-state index in [4.69, 9.17) is 9.47 Å². The normalized spacial score (nSPS) is 21.5. The van der Waals surface area contributed by atoms with E-state index in [2.05, 4.69) is 19.9 Å². The van der Waals surface area contributed by atoms with Gasteiger partial charge in [-0.1, -0.05) is 17.7 Å². The minimum Gasteiger partial charge on any atom is -0.508 e. The third-order valence-corrected chi connectivity index (χ3v) is 5.64. The van der Waals surface area contributed by atoms with Crippen LogP contribution in [0.25, 0.3) is 6.08 Å². The van der Waals surface area contributed by atoms with Crippen LogP contribution in [0.4, 0.5) is 0 Å². The summed E-state index contributed by atoms with van der Waals surface area (Å²) >= 11 is 0. The maximum absolute atomic E-state index is 12.6. The van der Waals surface area contributed by atoms with Crippen LogP contribution in [0, 0.1) is 0 Å². The number of carbonyl (C=O) groups is 1. The number of aromatic hydroxyl groups is 3. The molecule has 6 heteroatoms. The molecular formula is C25H26O6. The highest BCUT2D eigenvalue weighted by Gasteiger charge is 2.34. The molecule has 2 aromatic carbocycles. The summed E-state index contributed by atoms with van der Waals surface area (Å²) in [6, 6.07) is 5.70. The summed E-state index contributed by atoms with van der Waals surface area (Å²) in [5.74, 6) is -0.221. The van der Waals surface area contributed by atoms with Gasteiger partial charge in [0.25, 0.3) is 0 Å². The molecule has 0 spiro atoms. The molecule has 0 saturated heterocycles. The van der Waals surface area contributed by atoms with Crippen LogP contribution in [0.15, 0.2) is 42.0 Å². The molecule has 2 aliphatic heterocycles. The van der Waals surface area contributed by atoms with E-state index >= 15 is 0 Å². The second-order valence-electron chi connectivity index (χ2n) is 8.59. The van der Waals surface area contributed by atoms with Crippen molar-refractivity contribution in [3.63, 3.8) is 0 Å². The third kappa shape index (κ3) is 4.10. The molecule has 0 aliphatic carbocycles. The molecule has 162 valence electrons. The molecule has 6 nitrogen and oxygen atoms in total. The molecule has 0 amide bonds. The summed E-state index contributed by atoms with van der Waals surface area (Å²) in [5, 5.41) is 30.4. The van der Waals surface area contributed by atoms with Gasteiger partial charge in [-0.15, -0.1) is 0 Å².